The van der Waals surface area contributed by atoms with Crippen LogP contribution in [-0.4, -0.2) is 10.9 Å². The van der Waals surface area contributed by atoms with Gasteiger partial charge < -0.3 is 0 Å². The number of nitrogens with zero attached hydrogens (tertiary/aromatic N) is 1. The molecule has 0 aliphatic carbocycles. The van der Waals surface area contributed by atoms with Crippen molar-refractivity contribution in [2.24, 2.45) is 5.84 Å². The normalized spacial score (nSPS) is 11.3. The Hall–Kier alpha value is -1.34. The van der Waals surface area contributed by atoms with Gasteiger partial charge in [-0.25, -0.2) is 5.84 Å². The van der Waals surface area contributed by atoms with Crippen LogP contribution < -0.4 is 11.3 Å². The molecule has 1 aromatic heterocycles. The van der Waals surface area contributed by atoms with Gasteiger partial charge in [0.25, 0.3) is 5.91 Å². The molecule has 0 saturated carbocycles. The number of hydrazine groups is 1. The van der Waals surface area contributed by atoms with E-state index < -0.39 is 28.4 Å². The maximum absolute atomic E-state index is 12.5. The molecule has 1 rings (SSSR count). The summed E-state index contributed by atoms with van der Waals surface area (Å²) in [6.07, 6.45) is -3.77. The second kappa shape index (κ2) is 4.03. The second-order valence-electron chi connectivity index (χ2n) is 2.49. The van der Waals surface area contributed by atoms with Gasteiger partial charge in [-0.2, -0.15) is 13.2 Å². The Morgan fingerprint density at radius 3 is 2.60 bits per heavy atom. The highest BCUT2D eigenvalue weighted by molar-refractivity contribution is 6.31. The average Bonchev–Trinajstić information content (AvgIpc) is 2.14. The molecule has 3 N–H and O–H groups in total. The number of nitrogen functional groups attached to an aromatic ring is 1. The minimum Gasteiger partial charge on any atom is -0.289 e. The van der Waals surface area contributed by atoms with Crippen LogP contribution in [0.15, 0.2) is 12.3 Å². The van der Waals surface area contributed by atoms with Crippen LogP contribution in [0.25, 0.3) is 0 Å². The summed E-state index contributed by atoms with van der Waals surface area (Å²) in [5.74, 6) is 3.57. The number of pyridine rings is 1. The fourth-order valence-corrected chi connectivity index (χ4v) is 1.20. The van der Waals surface area contributed by atoms with E-state index in [9.17, 15) is 18.0 Å². The monoisotopic (exact) mass is 239 g/mol. The number of carbonyl (C=O) groups is 1. The SMILES string of the molecule is NNC(=O)c1nccc(Cl)c1C(F)(F)F. The highest BCUT2D eigenvalue weighted by Crippen LogP contribution is 2.36. The zero-order valence-electron chi connectivity index (χ0n) is 7.10. The summed E-state index contributed by atoms with van der Waals surface area (Å²) in [6, 6.07) is 0.942. The van der Waals surface area contributed by atoms with E-state index in [1.54, 1.807) is 5.43 Å². The minimum atomic E-state index is -4.76. The highest BCUT2D eigenvalue weighted by Gasteiger charge is 2.38. The highest BCUT2D eigenvalue weighted by atomic mass is 35.5. The van der Waals surface area contributed by atoms with Gasteiger partial charge in [-0.1, -0.05) is 11.6 Å². The van der Waals surface area contributed by atoms with E-state index in [0.29, 0.717) is 0 Å². The Kier molecular flexibility index (Phi) is 3.15. The first kappa shape index (κ1) is 11.7. The fourth-order valence-electron chi connectivity index (χ4n) is 0.948. The molecule has 0 radical (unpaired) electrons. The number of alkyl halides is 3. The molecule has 0 aromatic carbocycles. The summed E-state index contributed by atoms with van der Waals surface area (Å²) >= 11 is 5.33. The zero-order chi connectivity index (χ0) is 11.6. The average molecular weight is 240 g/mol. The largest absolute Gasteiger partial charge is 0.420 e. The van der Waals surface area contributed by atoms with Crippen LogP contribution in [0.5, 0.6) is 0 Å². The molecular weight excluding hydrogens is 235 g/mol. The van der Waals surface area contributed by atoms with E-state index >= 15 is 0 Å². The molecule has 82 valence electrons. The number of nitrogens with two attached hydrogens (primary N) is 1. The lowest BCUT2D eigenvalue weighted by molar-refractivity contribution is -0.138. The van der Waals surface area contributed by atoms with Crippen molar-refractivity contribution in [1.29, 1.82) is 0 Å². The first-order valence-electron chi connectivity index (χ1n) is 3.60. The lowest BCUT2D eigenvalue weighted by Gasteiger charge is -2.11. The number of rotatable bonds is 1. The molecule has 8 heteroatoms. The summed E-state index contributed by atoms with van der Waals surface area (Å²) in [5.41, 5.74) is -0.585. The van der Waals surface area contributed by atoms with Crippen LogP contribution in [-0.2, 0) is 6.18 Å². The van der Waals surface area contributed by atoms with Crippen molar-refractivity contribution < 1.29 is 18.0 Å². The maximum Gasteiger partial charge on any atom is 0.420 e. The van der Waals surface area contributed by atoms with Crippen molar-refractivity contribution in [2.75, 3.05) is 0 Å². The number of hydrogen-bond donors (Lipinski definition) is 2. The molecule has 4 nitrogen and oxygen atoms in total. The number of carbonyl (C=O) groups excluding carboxylic acids is 1. The Balaban J connectivity index is 3.40. The molecule has 1 heterocycles. The van der Waals surface area contributed by atoms with Crippen molar-refractivity contribution in [1.82, 2.24) is 10.4 Å². The molecule has 0 fully saturated rings. The van der Waals surface area contributed by atoms with Crippen LogP contribution in [0.1, 0.15) is 16.1 Å². The summed E-state index contributed by atoms with van der Waals surface area (Å²) < 4.78 is 37.4. The molecule has 0 saturated heterocycles. The molecule has 1 amide bonds. The lowest BCUT2D eigenvalue weighted by Crippen LogP contribution is -2.32. The van der Waals surface area contributed by atoms with Crippen LogP contribution in [0.3, 0.4) is 0 Å². The molecule has 0 unspecified atom stereocenters. The van der Waals surface area contributed by atoms with Gasteiger partial charge in [0.15, 0.2) is 0 Å². The van der Waals surface area contributed by atoms with Crippen LogP contribution in [0.2, 0.25) is 5.02 Å². The van der Waals surface area contributed by atoms with Gasteiger partial charge in [0, 0.05) is 6.20 Å². The zero-order valence-corrected chi connectivity index (χ0v) is 7.86. The predicted octanol–water partition coefficient (Wildman–Crippen LogP) is 1.36. The van der Waals surface area contributed by atoms with Crippen molar-refractivity contribution in [3.05, 3.63) is 28.5 Å². The third-order valence-electron chi connectivity index (χ3n) is 1.53. The third kappa shape index (κ3) is 2.37. The number of hydrogen-bond acceptors (Lipinski definition) is 3. The second-order valence-corrected chi connectivity index (χ2v) is 2.89. The quantitative estimate of drug-likeness (QED) is 0.442. The van der Waals surface area contributed by atoms with Crippen molar-refractivity contribution in [3.63, 3.8) is 0 Å². The molecule has 0 spiro atoms. The van der Waals surface area contributed by atoms with E-state index in [1.807, 2.05) is 0 Å². The molecule has 0 bridgehead atoms. The Morgan fingerprint density at radius 1 is 1.53 bits per heavy atom. The molecule has 0 aliphatic heterocycles. The number of halogens is 4. The summed E-state index contributed by atoms with van der Waals surface area (Å²) in [4.78, 5) is 14.3. The van der Waals surface area contributed by atoms with Gasteiger partial charge in [-0.15, -0.1) is 0 Å². The van der Waals surface area contributed by atoms with Crippen LogP contribution in [0, 0.1) is 0 Å². The standard InChI is InChI=1S/C7H5ClF3N3O/c8-3-1-2-13-5(6(15)14-12)4(3)7(9,10)11/h1-2H,12H2,(H,14,15). The van der Waals surface area contributed by atoms with E-state index in [-0.39, 0.29) is 0 Å². The minimum absolute atomic E-state index is 0.601. The van der Waals surface area contributed by atoms with Gasteiger partial charge in [0.05, 0.1) is 5.02 Å². The van der Waals surface area contributed by atoms with Gasteiger partial charge in [-0.05, 0) is 6.07 Å². The first-order valence-corrected chi connectivity index (χ1v) is 3.98. The third-order valence-corrected chi connectivity index (χ3v) is 1.84. The van der Waals surface area contributed by atoms with Gasteiger partial charge in [0.2, 0.25) is 0 Å². The van der Waals surface area contributed by atoms with Crippen LogP contribution in [0.4, 0.5) is 13.2 Å². The summed E-state index contributed by atoms with van der Waals surface area (Å²) in [6.45, 7) is 0. The van der Waals surface area contributed by atoms with Gasteiger partial charge >= 0.3 is 6.18 Å². The van der Waals surface area contributed by atoms with Crippen molar-refractivity contribution >= 4 is 17.5 Å². The van der Waals surface area contributed by atoms with Gasteiger partial charge in [0.1, 0.15) is 11.3 Å². The smallest absolute Gasteiger partial charge is 0.289 e. The summed E-state index contributed by atoms with van der Waals surface area (Å²) in [5, 5.41) is -0.601. The topological polar surface area (TPSA) is 68.0 Å². The summed E-state index contributed by atoms with van der Waals surface area (Å²) in [7, 11) is 0. The maximum atomic E-state index is 12.5. The molecule has 0 atom stereocenters. The number of aromatic nitrogens is 1. The fraction of sp³-hybridized carbons (Fsp3) is 0.143. The van der Waals surface area contributed by atoms with E-state index in [4.69, 9.17) is 17.4 Å². The first-order chi connectivity index (χ1) is 6.88. The van der Waals surface area contributed by atoms with E-state index in [2.05, 4.69) is 4.98 Å². The Bertz CT molecular complexity index is 394. The Labute approximate surface area is 87.2 Å². The van der Waals surface area contributed by atoms with E-state index in [1.165, 1.54) is 0 Å². The van der Waals surface area contributed by atoms with Crippen molar-refractivity contribution in [3.8, 4) is 0 Å². The molecule has 1 aromatic rings. The number of amides is 1. The molecular formula is C7H5ClF3N3O. The predicted molar refractivity (Wildman–Crippen MR) is 45.9 cm³/mol. The molecule has 15 heavy (non-hydrogen) atoms. The lowest BCUT2D eigenvalue weighted by atomic mass is 10.2. The Morgan fingerprint density at radius 2 is 2.13 bits per heavy atom. The van der Waals surface area contributed by atoms with Crippen LogP contribution >= 0.6 is 11.6 Å². The molecule has 0 aliphatic rings. The van der Waals surface area contributed by atoms with Gasteiger partial charge in [-0.3, -0.25) is 15.2 Å². The van der Waals surface area contributed by atoms with Crippen molar-refractivity contribution in [2.45, 2.75) is 6.18 Å². The number of nitrogens with one attached hydrogen (secondary N) is 1. The van der Waals surface area contributed by atoms with E-state index in [0.717, 1.165) is 12.3 Å².